The van der Waals surface area contributed by atoms with Crippen molar-refractivity contribution in [2.45, 2.75) is 0 Å². The minimum absolute atomic E-state index is 0.578. The number of aromatic nitrogens is 4. The molecular weight excluding hydrogens is 701 g/mol. The summed E-state index contributed by atoms with van der Waals surface area (Å²) >= 11 is 0. The lowest BCUT2D eigenvalue weighted by Gasteiger charge is -2.11. The fraction of sp³-hybridized carbons (Fsp3) is 0. The first-order valence-electron chi connectivity index (χ1n) is 19.0. The van der Waals surface area contributed by atoms with E-state index in [4.69, 9.17) is 23.8 Å². The van der Waals surface area contributed by atoms with Crippen molar-refractivity contribution < 1.29 is 8.83 Å². The third-order valence-corrected chi connectivity index (χ3v) is 11.1. The summed E-state index contributed by atoms with van der Waals surface area (Å²) in [5.74, 6) is 1.81. The molecule has 0 saturated heterocycles. The van der Waals surface area contributed by atoms with Crippen molar-refractivity contribution in [1.82, 2.24) is 19.5 Å². The van der Waals surface area contributed by atoms with Gasteiger partial charge in [0.05, 0.1) is 11.0 Å². The fourth-order valence-corrected chi connectivity index (χ4v) is 8.36. The van der Waals surface area contributed by atoms with Gasteiger partial charge in [0.1, 0.15) is 22.3 Å². The van der Waals surface area contributed by atoms with E-state index in [9.17, 15) is 0 Å². The molecule has 8 aromatic carbocycles. The van der Waals surface area contributed by atoms with E-state index in [1.807, 2.05) is 48.5 Å². The molecule has 0 spiro atoms. The summed E-state index contributed by atoms with van der Waals surface area (Å²) < 4.78 is 14.9. The predicted octanol–water partition coefficient (Wildman–Crippen LogP) is 13.4. The zero-order chi connectivity index (χ0) is 37.5. The number of furan rings is 2. The highest BCUT2D eigenvalue weighted by Crippen LogP contribution is 2.40. The second-order valence-electron chi connectivity index (χ2n) is 14.4. The van der Waals surface area contributed by atoms with Crippen LogP contribution in [0.25, 0.3) is 117 Å². The second kappa shape index (κ2) is 12.3. The number of nitrogens with zero attached hydrogens (tertiary/aromatic N) is 4. The number of hydrogen-bond acceptors (Lipinski definition) is 5. The van der Waals surface area contributed by atoms with Crippen molar-refractivity contribution in [2.75, 3.05) is 0 Å². The fourth-order valence-electron chi connectivity index (χ4n) is 8.36. The van der Waals surface area contributed by atoms with Crippen LogP contribution in [0.3, 0.4) is 0 Å². The number of rotatable bonds is 5. The van der Waals surface area contributed by atoms with Crippen molar-refractivity contribution in [2.24, 2.45) is 0 Å². The van der Waals surface area contributed by atoms with Crippen molar-refractivity contribution in [3.05, 3.63) is 182 Å². The van der Waals surface area contributed by atoms with Gasteiger partial charge < -0.3 is 8.83 Å². The largest absolute Gasteiger partial charge is 0.456 e. The lowest BCUT2D eigenvalue weighted by molar-refractivity contribution is 0.668. The molecule has 6 heteroatoms. The quantitative estimate of drug-likeness (QED) is 0.176. The van der Waals surface area contributed by atoms with Crippen LogP contribution in [0.4, 0.5) is 0 Å². The summed E-state index contributed by atoms with van der Waals surface area (Å²) in [5.41, 5.74) is 11.7. The lowest BCUT2D eigenvalue weighted by Crippen LogP contribution is -2.06. The molecule has 0 fully saturated rings. The maximum absolute atomic E-state index is 6.56. The van der Waals surface area contributed by atoms with Crippen LogP contribution in [0, 0.1) is 0 Å². The van der Waals surface area contributed by atoms with Crippen LogP contribution >= 0.6 is 0 Å². The lowest BCUT2D eigenvalue weighted by atomic mass is 9.99. The highest BCUT2D eigenvalue weighted by Gasteiger charge is 2.19. The molecule has 0 atom stereocenters. The van der Waals surface area contributed by atoms with Crippen molar-refractivity contribution in [3.63, 3.8) is 0 Å². The Morgan fingerprint density at radius 1 is 0.333 bits per heavy atom. The van der Waals surface area contributed by atoms with Crippen LogP contribution in [-0.4, -0.2) is 19.5 Å². The molecule has 4 aromatic heterocycles. The van der Waals surface area contributed by atoms with Gasteiger partial charge >= 0.3 is 0 Å². The monoisotopic (exact) mass is 730 g/mol. The molecule has 0 aliphatic carbocycles. The number of hydrogen-bond donors (Lipinski definition) is 0. The molecular formula is C51H30N4O2. The summed E-state index contributed by atoms with van der Waals surface area (Å²) in [6.07, 6.45) is 0. The highest BCUT2D eigenvalue weighted by atomic mass is 16.3. The Labute approximate surface area is 325 Å². The van der Waals surface area contributed by atoms with Gasteiger partial charge in [-0.3, -0.25) is 4.57 Å². The third kappa shape index (κ3) is 5.01. The van der Waals surface area contributed by atoms with Crippen molar-refractivity contribution >= 4 is 65.7 Å². The van der Waals surface area contributed by atoms with Crippen LogP contribution in [-0.2, 0) is 0 Å². The molecule has 12 aromatic rings. The summed E-state index contributed by atoms with van der Waals surface area (Å²) in [6.45, 7) is 0. The molecule has 266 valence electrons. The van der Waals surface area contributed by atoms with Gasteiger partial charge in [-0.15, -0.1) is 0 Å². The van der Waals surface area contributed by atoms with Crippen LogP contribution in [0.1, 0.15) is 0 Å². The SMILES string of the molecule is c1ccc(-c2nc(-c3ccc(-c4ccc5oc6c(-c7ccc8c(c7)oc7ccccc78)cccc6c5c4)cc3)nc(-n3c4ccccc4c4ccccc43)n2)cc1. The van der Waals surface area contributed by atoms with E-state index >= 15 is 0 Å². The maximum atomic E-state index is 6.56. The zero-order valence-electron chi connectivity index (χ0n) is 30.4. The van der Waals surface area contributed by atoms with Gasteiger partial charge in [0, 0.05) is 49.0 Å². The normalized spacial score (nSPS) is 11.9. The average Bonchev–Trinajstić information content (AvgIpc) is 3.96. The smallest absolute Gasteiger partial charge is 0.238 e. The van der Waals surface area contributed by atoms with Crippen LogP contribution < -0.4 is 0 Å². The molecule has 0 saturated carbocycles. The second-order valence-corrected chi connectivity index (χ2v) is 14.4. The van der Waals surface area contributed by atoms with Gasteiger partial charge in [0.25, 0.3) is 0 Å². The number of para-hydroxylation sites is 4. The van der Waals surface area contributed by atoms with Gasteiger partial charge in [-0.25, -0.2) is 4.98 Å². The van der Waals surface area contributed by atoms with E-state index in [0.717, 1.165) is 99.1 Å². The van der Waals surface area contributed by atoms with Crippen LogP contribution in [0.15, 0.2) is 191 Å². The summed E-state index contributed by atoms with van der Waals surface area (Å²) in [6, 6.07) is 62.7. The maximum Gasteiger partial charge on any atom is 0.238 e. The van der Waals surface area contributed by atoms with Crippen molar-refractivity contribution in [1.29, 1.82) is 0 Å². The van der Waals surface area contributed by atoms with E-state index in [1.54, 1.807) is 0 Å². The molecule has 4 heterocycles. The van der Waals surface area contributed by atoms with Crippen molar-refractivity contribution in [3.8, 4) is 51.0 Å². The predicted molar refractivity (Wildman–Crippen MR) is 230 cm³/mol. The molecule has 0 N–H and O–H groups in total. The summed E-state index contributed by atoms with van der Waals surface area (Å²) in [4.78, 5) is 15.2. The molecule has 0 aliphatic heterocycles. The molecule has 57 heavy (non-hydrogen) atoms. The number of fused-ring (bicyclic) bond motifs is 9. The number of benzene rings is 8. The Morgan fingerprint density at radius 2 is 0.912 bits per heavy atom. The van der Waals surface area contributed by atoms with E-state index < -0.39 is 0 Å². The first kappa shape index (κ1) is 31.5. The first-order chi connectivity index (χ1) is 28.2. The molecule has 0 amide bonds. The first-order valence-corrected chi connectivity index (χ1v) is 19.0. The standard InChI is InChI=1S/C51H30N4O2/c1-2-11-32(12-3-1)49-52-50(54-51(53-49)55-43-18-7-4-13-37(43)38-14-5-8-19-44(38)55)33-23-21-31(22-24-33)34-26-28-46-42(29-34)41-17-10-16-36(48(41)57-46)35-25-27-40-39-15-6-9-20-45(39)56-47(40)30-35/h1-30H. The van der Waals surface area contributed by atoms with Gasteiger partial charge in [0.2, 0.25) is 5.95 Å². The van der Waals surface area contributed by atoms with E-state index in [1.165, 1.54) is 0 Å². The summed E-state index contributed by atoms with van der Waals surface area (Å²) in [5, 5.41) is 6.68. The molecule has 12 rings (SSSR count). The van der Waals surface area contributed by atoms with Crippen LogP contribution in [0.2, 0.25) is 0 Å². The zero-order valence-corrected chi connectivity index (χ0v) is 30.4. The average molecular weight is 731 g/mol. The Morgan fingerprint density at radius 3 is 1.68 bits per heavy atom. The molecule has 0 bridgehead atoms. The molecule has 0 radical (unpaired) electrons. The van der Waals surface area contributed by atoms with E-state index in [0.29, 0.717) is 17.6 Å². The minimum Gasteiger partial charge on any atom is -0.456 e. The third-order valence-electron chi connectivity index (χ3n) is 11.1. The van der Waals surface area contributed by atoms with E-state index in [2.05, 4.69) is 138 Å². The van der Waals surface area contributed by atoms with Crippen LogP contribution in [0.5, 0.6) is 0 Å². The Hall–Kier alpha value is -7.83. The highest BCUT2D eigenvalue weighted by molar-refractivity contribution is 6.12. The Kier molecular flexibility index (Phi) is 6.83. The minimum atomic E-state index is 0.578. The summed E-state index contributed by atoms with van der Waals surface area (Å²) in [7, 11) is 0. The van der Waals surface area contributed by atoms with Gasteiger partial charge in [0.15, 0.2) is 11.6 Å². The molecule has 0 aliphatic rings. The van der Waals surface area contributed by atoms with E-state index in [-0.39, 0.29) is 0 Å². The molecule has 6 nitrogen and oxygen atoms in total. The van der Waals surface area contributed by atoms with Gasteiger partial charge in [-0.05, 0) is 59.2 Å². The van der Waals surface area contributed by atoms with Gasteiger partial charge in [-0.2, -0.15) is 9.97 Å². The van der Waals surface area contributed by atoms with Gasteiger partial charge in [-0.1, -0.05) is 140 Å². The topological polar surface area (TPSA) is 69.9 Å². The Bertz CT molecular complexity index is 3470. The molecule has 0 unspecified atom stereocenters. The Balaban J connectivity index is 0.939.